The SMILES string of the molecule is CCCCCCC(C)C(=O)[C@H](O)[C@@H](O)[C@H](O)[C@H](O)CO. The molecule has 0 aromatic rings. The smallest absolute Gasteiger partial charge is 0.166 e. The largest absolute Gasteiger partial charge is 0.394 e. The third-order valence-corrected chi connectivity index (χ3v) is 3.52. The molecule has 0 bridgehead atoms. The van der Waals surface area contributed by atoms with Crippen molar-refractivity contribution < 1.29 is 30.3 Å². The van der Waals surface area contributed by atoms with Crippen molar-refractivity contribution in [3.63, 3.8) is 0 Å². The Kier molecular flexibility index (Phi) is 9.96. The maximum Gasteiger partial charge on any atom is 0.166 e. The lowest BCUT2D eigenvalue weighted by Gasteiger charge is -2.26. The van der Waals surface area contributed by atoms with Gasteiger partial charge >= 0.3 is 0 Å². The number of hydrogen-bond acceptors (Lipinski definition) is 6. The van der Waals surface area contributed by atoms with Crippen LogP contribution in [-0.4, -0.2) is 62.3 Å². The molecule has 20 heavy (non-hydrogen) atoms. The molecule has 0 spiro atoms. The van der Waals surface area contributed by atoms with Crippen molar-refractivity contribution >= 4 is 5.78 Å². The Morgan fingerprint density at radius 3 is 2.10 bits per heavy atom. The van der Waals surface area contributed by atoms with Crippen LogP contribution in [-0.2, 0) is 4.79 Å². The summed E-state index contributed by atoms with van der Waals surface area (Å²) in [5, 5.41) is 46.7. The summed E-state index contributed by atoms with van der Waals surface area (Å²) in [6.45, 7) is 2.99. The molecule has 0 aliphatic heterocycles. The fourth-order valence-electron chi connectivity index (χ4n) is 2.00. The lowest BCUT2D eigenvalue weighted by Crippen LogP contribution is -2.49. The fraction of sp³-hybridized carbons (Fsp3) is 0.929. The quantitative estimate of drug-likeness (QED) is 0.331. The van der Waals surface area contributed by atoms with Gasteiger partial charge in [0.05, 0.1) is 6.61 Å². The van der Waals surface area contributed by atoms with Gasteiger partial charge in [0.15, 0.2) is 5.78 Å². The Morgan fingerprint density at radius 1 is 1.00 bits per heavy atom. The first kappa shape index (κ1) is 19.5. The summed E-state index contributed by atoms with van der Waals surface area (Å²) in [5.74, 6) is -0.979. The summed E-state index contributed by atoms with van der Waals surface area (Å²) in [6.07, 6.45) is -2.23. The molecule has 0 aromatic heterocycles. The molecule has 6 heteroatoms. The van der Waals surface area contributed by atoms with Gasteiger partial charge in [-0.2, -0.15) is 0 Å². The monoisotopic (exact) mass is 292 g/mol. The summed E-state index contributed by atoms with van der Waals surface area (Å²) in [5.41, 5.74) is 0. The molecule has 5 atom stereocenters. The highest BCUT2D eigenvalue weighted by Gasteiger charge is 2.35. The van der Waals surface area contributed by atoms with Crippen LogP contribution < -0.4 is 0 Å². The Bertz CT molecular complexity index is 270. The molecule has 5 N–H and O–H groups in total. The second-order valence-electron chi connectivity index (χ2n) is 5.33. The minimum absolute atomic E-state index is 0.421. The van der Waals surface area contributed by atoms with Crippen LogP contribution in [0.4, 0.5) is 0 Å². The van der Waals surface area contributed by atoms with Gasteiger partial charge < -0.3 is 25.5 Å². The van der Waals surface area contributed by atoms with Gasteiger partial charge in [-0.05, 0) is 6.42 Å². The third kappa shape index (κ3) is 6.28. The van der Waals surface area contributed by atoms with Gasteiger partial charge in [0.25, 0.3) is 0 Å². The minimum atomic E-state index is -1.80. The maximum absolute atomic E-state index is 11.9. The number of ketones is 1. The van der Waals surface area contributed by atoms with Crippen LogP contribution in [0.25, 0.3) is 0 Å². The molecular formula is C14H28O6. The van der Waals surface area contributed by atoms with Gasteiger partial charge in [-0.25, -0.2) is 0 Å². The average molecular weight is 292 g/mol. The van der Waals surface area contributed by atoms with Crippen LogP contribution >= 0.6 is 0 Å². The lowest BCUT2D eigenvalue weighted by molar-refractivity contribution is -0.150. The van der Waals surface area contributed by atoms with Crippen molar-refractivity contribution in [2.75, 3.05) is 6.61 Å². The maximum atomic E-state index is 11.9. The van der Waals surface area contributed by atoms with E-state index in [9.17, 15) is 25.2 Å². The van der Waals surface area contributed by atoms with Gasteiger partial charge in [0, 0.05) is 5.92 Å². The molecule has 0 aromatic carbocycles. The Labute approximate surface area is 120 Å². The molecule has 120 valence electrons. The van der Waals surface area contributed by atoms with E-state index in [2.05, 4.69) is 6.92 Å². The average Bonchev–Trinajstić information content (AvgIpc) is 2.47. The van der Waals surface area contributed by atoms with Crippen LogP contribution in [0.15, 0.2) is 0 Å². The summed E-state index contributed by atoms with van der Waals surface area (Å²) in [6, 6.07) is 0. The van der Waals surface area contributed by atoms with Crippen LogP contribution in [0.2, 0.25) is 0 Å². The van der Waals surface area contributed by atoms with E-state index in [1.165, 1.54) is 0 Å². The first-order chi connectivity index (χ1) is 9.36. The standard InChI is InChI=1S/C14H28O6/c1-3-4-5-6-7-9(2)11(17)13(19)14(20)12(18)10(16)8-15/h9-10,12-16,18-20H,3-8H2,1-2H3/t9?,10-,12-,13+,14+/m1/s1. The lowest BCUT2D eigenvalue weighted by atomic mass is 9.90. The molecule has 0 amide bonds. The first-order valence-electron chi connectivity index (χ1n) is 7.23. The molecule has 6 nitrogen and oxygen atoms in total. The second kappa shape index (κ2) is 10.2. The summed E-state index contributed by atoms with van der Waals surface area (Å²) in [7, 11) is 0. The highest BCUT2D eigenvalue weighted by atomic mass is 16.4. The van der Waals surface area contributed by atoms with Gasteiger partial charge in [0.2, 0.25) is 0 Å². The number of rotatable bonds is 11. The van der Waals surface area contributed by atoms with Gasteiger partial charge in [-0.15, -0.1) is 0 Å². The van der Waals surface area contributed by atoms with E-state index in [1.807, 2.05) is 0 Å². The first-order valence-corrected chi connectivity index (χ1v) is 7.23. The van der Waals surface area contributed by atoms with Gasteiger partial charge in [0.1, 0.15) is 24.4 Å². The molecule has 0 heterocycles. The molecular weight excluding hydrogens is 264 g/mol. The third-order valence-electron chi connectivity index (χ3n) is 3.52. The molecule has 0 aliphatic rings. The van der Waals surface area contributed by atoms with E-state index in [1.54, 1.807) is 6.92 Å². The van der Waals surface area contributed by atoms with Crippen molar-refractivity contribution in [1.82, 2.24) is 0 Å². The highest BCUT2D eigenvalue weighted by Crippen LogP contribution is 2.16. The van der Waals surface area contributed by atoms with Crippen molar-refractivity contribution in [2.45, 2.75) is 70.4 Å². The summed E-state index contributed by atoms with van der Waals surface area (Å²) < 4.78 is 0. The zero-order valence-corrected chi connectivity index (χ0v) is 12.3. The van der Waals surface area contributed by atoms with Crippen molar-refractivity contribution in [3.8, 4) is 0 Å². The number of unbranched alkanes of at least 4 members (excludes halogenated alkanes) is 3. The number of aliphatic hydroxyl groups is 5. The summed E-state index contributed by atoms with van der Waals surface area (Å²) >= 11 is 0. The predicted molar refractivity (Wildman–Crippen MR) is 74.0 cm³/mol. The van der Waals surface area contributed by atoms with E-state index >= 15 is 0 Å². The Morgan fingerprint density at radius 2 is 1.60 bits per heavy atom. The highest BCUT2D eigenvalue weighted by molar-refractivity contribution is 5.85. The van der Waals surface area contributed by atoms with E-state index in [4.69, 9.17) is 5.11 Å². The van der Waals surface area contributed by atoms with Crippen LogP contribution in [0, 0.1) is 5.92 Å². The normalized spacial score (nSPS) is 19.1. The number of carbonyl (C=O) groups is 1. The minimum Gasteiger partial charge on any atom is -0.394 e. The fourth-order valence-corrected chi connectivity index (χ4v) is 2.00. The second-order valence-corrected chi connectivity index (χ2v) is 5.33. The van der Waals surface area contributed by atoms with Crippen molar-refractivity contribution in [1.29, 1.82) is 0 Å². The molecule has 0 aliphatic carbocycles. The predicted octanol–water partition coefficient (Wildman–Crippen LogP) is -0.402. The molecule has 0 saturated heterocycles. The number of aliphatic hydroxyl groups excluding tert-OH is 5. The molecule has 0 radical (unpaired) electrons. The molecule has 0 rings (SSSR count). The van der Waals surface area contributed by atoms with Crippen molar-refractivity contribution in [2.24, 2.45) is 5.92 Å². The number of hydrogen-bond donors (Lipinski definition) is 5. The molecule has 0 fully saturated rings. The van der Waals surface area contributed by atoms with Crippen molar-refractivity contribution in [3.05, 3.63) is 0 Å². The molecule has 0 saturated carbocycles. The van der Waals surface area contributed by atoms with E-state index in [0.717, 1.165) is 25.7 Å². The van der Waals surface area contributed by atoms with Gasteiger partial charge in [-0.3, -0.25) is 4.79 Å². The molecule has 1 unspecified atom stereocenters. The van der Waals surface area contributed by atoms with E-state index in [-0.39, 0.29) is 0 Å². The Balaban J connectivity index is 4.30. The van der Waals surface area contributed by atoms with Crippen LogP contribution in [0.3, 0.4) is 0 Å². The topological polar surface area (TPSA) is 118 Å². The summed E-state index contributed by atoms with van der Waals surface area (Å²) in [4.78, 5) is 11.9. The zero-order chi connectivity index (χ0) is 15.7. The van der Waals surface area contributed by atoms with Crippen LogP contribution in [0.1, 0.15) is 46.0 Å². The number of Topliss-reactive ketones (excluding diaryl/α,β-unsaturated/α-hetero) is 1. The van der Waals surface area contributed by atoms with Gasteiger partial charge in [-0.1, -0.05) is 39.5 Å². The van der Waals surface area contributed by atoms with Crippen LogP contribution in [0.5, 0.6) is 0 Å². The van der Waals surface area contributed by atoms with E-state index in [0.29, 0.717) is 6.42 Å². The zero-order valence-electron chi connectivity index (χ0n) is 12.3. The number of carbonyl (C=O) groups excluding carboxylic acids is 1. The van der Waals surface area contributed by atoms with E-state index < -0.39 is 42.7 Å². The Hall–Kier alpha value is -0.530.